The molecule has 0 saturated heterocycles. The number of hydrogen-bond acceptors (Lipinski definition) is 4. The Balaban J connectivity index is 1.81. The summed E-state index contributed by atoms with van der Waals surface area (Å²) in [5.74, 6) is 1.32. The Morgan fingerprint density at radius 3 is 2.45 bits per heavy atom. The van der Waals surface area contributed by atoms with Crippen LogP contribution in [0.5, 0.6) is 11.5 Å². The van der Waals surface area contributed by atoms with E-state index in [1.165, 1.54) is 0 Å². The van der Waals surface area contributed by atoms with E-state index >= 15 is 0 Å². The predicted octanol–water partition coefficient (Wildman–Crippen LogP) is 2.51. The number of nitrogens with one attached hydrogen (secondary N) is 1. The molecule has 2 aromatic rings. The number of ether oxygens (including phenoxy) is 2. The molecule has 2 aromatic carbocycles. The zero-order valence-electron chi connectivity index (χ0n) is 12.4. The summed E-state index contributed by atoms with van der Waals surface area (Å²) in [6.07, 6.45) is 0. The van der Waals surface area contributed by atoms with Crippen molar-refractivity contribution in [3.63, 3.8) is 0 Å². The zero-order valence-corrected chi connectivity index (χ0v) is 13.2. The Kier molecular flexibility index (Phi) is 3.80. The van der Waals surface area contributed by atoms with Crippen LogP contribution in [-0.4, -0.2) is 15.2 Å². The molecule has 5 nitrogen and oxygen atoms in total. The van der Waals surface area contributed by atoms with E-state index in [4.69, 9.17) is 9.47 Å². The normalized spacial score (nSPS) is 13.4. The Labute approximate surface area is 129 Å². The van der Waals surface area contributed by atoms with Gasteiger partial charge in [-0.25, -0.2) is 13.1 Å². The van der Waals surface area contributed by atoms with Crippen LogP contribution in [0.25, 0.3) is 0 Å². The van der Waals surface area contributed by atoms with Crippen molar-refractivity contribution in [3.8, 4) is 11.5 Å². The van der Waals surface area contributed by atoms with Crippen molar-refractivity contribution in [2.75, 3.05) is 6.79 Å². The molecule has 22 heavy (non-hydrogen) atoms. The van der Waals surface area contributed by atoms with Crippen LogP contribution in [0.15, 0.2) is 41.3 Å². The van der Waals surface area contributed by atoms with E-state index < -0.39 is 10.0 Å². The van der Waals surface area contributed by atoms with Crippen molar-refractivity contribution in [1.29, 1.82) is 0 Å². The second kappa shape index (κ2) is 5.62. The summed E-state index contributed by atoms with van der Waals surface area (Å²) in [6.45, 7) is 3.99. The summed E-state index contributed by atoms with van der Waals surface area (Å²) in [4.78, 5) is 0.343. The Morgan fingerprint density at radius 1 is 1.05 bits per heavy atom. The molecule has 0 atom stereocenters. The van der Waals surface area contributed by atoms with Gasteiger partial charge in [0.1, 0.15) is 0 Å². The summed E-state index contributed by atoms with van der Waals surface area (Å²) in [5, 5.41) is 0. The minimum Gasteiger partial charge on any atom is -0.454 e. The van der Waals surface area contributed by atoms with Gasteiger partial charge in [0.05, 0.1) is 4.90 Å². The topological polar surface area (TPSA) is 64.6 Å². The fraction of sp³-hybridized carbons (Fsp3) is 0.250. The molecule has 3 rings (SSSR count). The Morgan fingerprint density at radius 2 is 1.73 bits per heavy atom. The van der Waals surface area contributed by atoms with Crippen LogP contribution in [-0.2, 0) is 16.6 Å². The molecule has 0 aromatic heterocycles. The van der Waals surface area contributed by atoms with Crippen LogP contribution in [0, 0.1) is 13.8 Å². The lowest BCUT2D eigenvalue weighted by Gasteiger charge is -2.12. The number of rotatable bonds is 4. The highest BCUT2D eigenvalue weighted by Gasteiger charge is 2.19. The van der Waals surface area contributed by atoms with E-state index in [2.05, 4.69) is 4.72 Å². The molecule has 6 heteroatoms. The van der Waals surface area contributed by atoms with Crippen molar-refractivity contribution >= 4 is 10.0 Å². The molecular formula is C16H17NO4S. The SMILES string of the molecule is Cc1cccc(C)c1S(=O)(=O)NCc1ccc2c(c1)OCO2. The van der Waals surface area contributed by atoms with E-state index in [1.54, 1.807) is 38.1 Å². The average Bonchev–Trinajstić information content (AvgIpc) is 2.92. The van der Waals surface area contributed by atoms with E-state index in [0.717, 1.165) is 16.7 Å². The van der Waals surface area contributed by atoms with Gasteiger partial charge in [0.15, 0.2) is 11.5 Å². The van der Waals surface area contributed by atoms with Crippen LogP contribution < -0.4 is 14.2 Å². The smallest absolute Gasteiger partial charge is 0.241 e. The number of benzene rings is 2. The van der Waals surface area contributed by atoms with Crippen LogP contribution in [0.1, 0.15) is 16.7 Å². The lowest BCUT2D eigenvalue weighted by molar-refractivity contribution is 0.174. The van der Waals surface area contributed by atoms with Crippen LogP contribution in [0.4, 0.5) is 0 Å². The Bertz CT molecular complexity index is 795. The van der Waals surface area contributed by atoms with E-state index in [1.807, 2.05) is 12.1 Å². The number of sulfonamides is 1. The predicted molar refractivity (Wildman–Crippen MR) is 82.5 cm³/mol. The molecule has 1 N–H and O–H groups in total. The first-order chi connectivity index (χ1) is 10.5. The van der Waals surface area contributed by atoms with E-state index in [-0.39, 0.29) is 13.3 Å². The van der Waals surface area contributed by atoms with Gasteiger partial charge in [-0.2, -0.15) is 0 Å². The number of fused-ring (bicyclic) bond motifs is 1. The van der Waals surface area contributed by atoms with Gasteiger partial charge in [-0.3, -0.25) is 0 Å². The van der Waals surface area contributed by atoms with Gasteiger partial charge in [-0.05, 0) is 42.7 Å². The molecule has 0 saturated carbocycles. The standard InChI is InChI=1S/C16H17NO4S/c1-11-4-3-5-12(2)16(11)22(18,19)17-9-13-6-7-14-15(8-13)21-10-20-14/h3-8,17H,9-10H2,1-2H3. The third-order valence-electron chi connectivity index (χ3n) is 3.58. The van der Waals surface area contributed by atoms with Gasteiger partial charge in [-0.15, -0.1) is 0 Å². The molecule has 0 fully saturated rings. The lowest BCUT2D eigenvalue weighted by Crippen LogP contribution is -2.24. The van der Waals surface area contributed by atoms with Crippen molar-refractivity contribution in [3.05, 3.63) is 53.1 Å². The average molecular weight is 319 g/mol. The molecule has 116 valence electrons. The summed E-state index contributed by atoms with van der Waals surface area (Å²) in [7, 11) is -3.56. The van der Waals surface area contributed by atoms with Crippen molar-refractivity contribution in [2.45, 2.75) is 25.3 Å². The summed E-state index contributed by atoms with van der Waals surface area (Å²) >= 11 is 0. The maximum absolute atomic E-state index is 12.5. The first-order valence-corrected chi connectivity index (χ1v) is 8.40. The van der Waals surface area contributed by atoms with Gasteiger partial charge >= 0.3 is 0 Å². The third-order valence-corrected chi connectivity index (χ3v) is 5.29. The molecule has 0 bridgehead atoms. The largest absolute Gasteiger partial charge is 0.454 e. The van der Waals surface area contributed by atoms with E-state index in [9.17, 15) is 8.42 Å². The van der Waals surface area contributed by atoms with Crippen LogP contribution in [0.3, 0.4) is 0 Å². The minimum absolute atomic E-state index is 0.201. The van der Waals surface area contributed by atoms with Crippen molar-refractivity contribution in [2.24, 2.45) is 0 Å². The van der Waals surface area contributed by atoms with Gasteiger partial charge in [0.2, 0.25) is 16.8 Å². The van der Waals surface area contributed by atoms with Gasteiger partial charge in [-0.1, -0.05) is 24.3 Å². The lowest BCUT2D eigenvalue weighted by atomic mass is 10.2. The fourth-order valence-corrected chi connectivity index (χ4v) is 4.01. The minimum atomic E-state index is -3.56. The highest BCUT2D eigenvalue weighted by molar-refractivity contribution is 7.89. The third kappa shape index (κ3) is 2.80. The van der Waals surface area contributed by atoms with Crippen LogP contribution in [0.2, 0.25) is 0 Å². The fourth-order valence-electron chi connectivity index (χ4n) is 2.52. The van der Waals surface area contributed by atoms with Gasteiger partial charge in [0.25, 0.3) is 0 Å². The number of aryl methyl sites for hydroxylation is 2. The molecule has 0 unspecified atom stereocenters. The maximum atomic E-state index is 12.5. The van der Waals surface area contributed by atoms with E-state index in [0.29, 0.717) is 16.4 Å². The molecule has 1 aliphatic heterocycles. The zero-order chi connectivity index (χ0) is 15.7. The molecule has 0 spiro atoms. The quantitative estimate of drug-likeness (QED) is 0.940. The second-order valence-electron chi connectivity index (χ2n) is 5.23. The van der Waals surface area contributed by atoms with Crippen molar-refractivity contribution in [1.82, 2.24) is 4.72 Å². The summed E-state index contributed by atoms with van der Waals surface area (Å²) in [5.41, 5.74) is 2.29. The van der Waals surface area contributed by atoms with Crippen molar-refractivity contribution < 1.29 is 17.9 Å². The first kappa shape index (κ1) is 14.9. The second-order valence-corrected chi connectivity index (χ2v) is 6.94. The Hall–Kier alpha value is -2.05. The molecule has 0 radical (unpaired) electrons. The summed E-state index contributed by atoms with van der Waals surface area (Å²) < 4.78 is 38.2. The first-order valence-electron chi connectivity index (χ1n) is 6.92. The highest BCUT2D eigenvalue weighted by atomic mass is 32.2. The molecular weight excluding hydrogens is 302 g/mol. The molecule has 0 amide bonds. The molecule has 0 aliphatic carbocycles. The number of hydrogen-bond donors (Lipinski definition) is 1. The highest BCUT2D eigenvalue weighted by Crippen LogP contribution is 2.32. The maximum Gasteiger partial charge on any atom is 0.241 e. The molecule has 1 aliphatic rings. The van der Waals surface area contributed by atoms with Gasteiger partial charge < -0.3 is 9.47 Å². The van der Waals surface area contributed by atoms with Gasteiger partial charge in [0, 0.05) is 6.54 Å². The van der Waals surface area contributed by atoms with Crippen LogP contribution >= 0.6 is 0 Å². The summed E-state index contributed by atoms with van der Waals surface area (Å²) in [6, 6.07) is 10.8. The molecule has 1 heterocycles. The monoisotopic (exact) mass is 319 g/mol.